The molecule has 1 unspecified atom stereocenters. The maximum atomic E-state index is 13.8. The number of carbonyl (C=O) groups is 1. The Balaban J connectivity index is 1.97. The SMILES string of the molecule is CC(c1ccc(F)cc1F)N1CCN(C(=O)CCN)CC1. The Morgan fingerprint density at radius 1 is 1.29 bits per heavy atom. The molecule has 0 saturated carbocycles. The van der Waals surface area contributed by atoms with Crippen LogP contribution in [0.4, 0.5) is 8.78 Å². The summed E-state index contributed by atoms with van der Waals surface area (Å²) in [6.45, 7) is 4.84. The van der Waals surface area contributed by atoms with E-state index in [0.29, 0.717) is 44.7 Å². The summed E-state index contributed by atoms with van der Waals surface area (Å²) in [7, 11) is 0. The standard InChI is InChI=1S/C15H21F2N3O/c1-11(13-3-2-12(16)10-14(13)17)19-6-8-20(9-7-19)15(21)4-5-18/h2-3,10-11H,4-9,18H2,1H3. The van der Waals surface area contributed by atoms with Gasteiger partial charge in [-0.1, -0.05) is 6.07 Å². The quantitative estimate of drug-likeness (QED) is 0.916. The van der Waals surface area contributed by atoms with Gasteiger partial charge < -0.3 is 10.6 Å². The molecule has 0 spiro atoms. The van der Waals surface area contributed by atoms with Gasteiger partial charge in [0.25, 0.3) is 0 Å². The first-order valence-corrected chi connectivity index (χ1v) is 7.19. The highest BCUT2D eigenvalue weighted by molar-refractivity contribution is 5.76. The zero-order valence-corrected chi connectivity index (χ0v) is 12.2. The van der Waals surface area contributed by atoms with Crippen LogP contribution in [0.1, 0.15) is 24.9 Å². The molecule has 116 valence electrons. The first kappa shape index (κ1) is 15.9. The number of piperazine rings is 1. The van der Waals surface area contributed by atoms with Crippen molar-refractivity contribution in [3.63, 3.8) is 0 Å². The summed E-state index contributed by atoms with van der Waals surface area (Å²) in [6, 6.07) is 3.53. The smallest absolute Gasteiger partial charge is 0.223 e. The Morgan fingerprint density at radius 2 is 1.95 bits per heavy atom. The predicted octanol–water partition coefficient (Wildman–Crippen LogP) is 1.52. The van der Waals surface area contributed by atoms with Crippen molar-refractivity contribution in [2.24, 2.45) is 5.73 Å². The number of hydrogen-bond acceptors (Lipinski definition) is 3. The van der Waals surface area contributed by atoms with E-state index in [0.717, 1.165) is 6.07 Å². The summed E-state index contributed by atoms with van der Waals surface area (Å²) in [5.74, 6) is -1.03. The van der Waals surface area contributed by atoms with Crippen molar-refractivity contribution in [2.45, 2.75) is 19.4 Å². The fraction of sp³-hybridized carbons (Fsp3) is 0.533. The lowest BCUT2D eigenvalue weighted by molar-refractivity contribution is -0.133. The molecule has 1 heterocycles. The lowest BCUT2D eigenvalue weighted by atomic mass is 10.1. The first-order valence-electron chi connectivity index (χ1n) is 7.19. The molecule has 1 fully saturated rings. The Bertz CT molecular complexity index is 502. The van der Waals surface area contributed by atoms with E-state index in [1.807, 2.05) is 6.92 Å². The van der Waals surface area contributed by atoms with Gasteiger partial charge in [0.1, 0.15) is 11.6 Å². The Kier molecular flexibility index (Phi) is 5.25. The predicted molar refractivity (Wildman–Crippen MR) is 76.6 cm³/mol. The molecule has 6 heteroatoms. The van der Waals surface area contributed by atoms with Crippen LogP contribution in [-0.4, -0.2) is 48.4 Å². The number of rotatable bonds is 4. The number of amides is 1. The normalized spacial score (nSPS) is 17.8. The van der Waals surface area contributed by atoms with Gasteiger partial charge in [-0.15, -0.1) is 0 Å². The first-order chi connectivity index (χ1) is 10.0. The van der Waals surface area contributed by atoms with Crippen molar-refractivity contribution in [2.75, 3.05) is 32.7 Å². The molecule has 0 aliphatic carbocycles. The second-order valence-corrected chi connectivity index (χ2v) is 5.30. The third-order valence-electron chi connectivity index (χ3n) is 3.99. The molecule has 2 N–H and O–H groups in total. The fourth-order valence-electron chi connectivity index (χ4n) is 2.68. The van der Waals surface area contributed by atoms with Gasteiger partial charge in [0.2, 0.25) is 5.91 Å². The van der Waals surface area contributed by atoms with Crippen LogP contribution in [0.3, 0.4) is 0 Å². The van der Waals surface area contributed by atoms with Gasteiger partial charge in [0.15, 0.2) is 0 Å². The van der Waals surface area contributed by atoms with Crippen molar-refractivity contribution in [3.05, 3.63) is 35.4 Å². The lowest BCUT2D eigenvalue weighted by Gasteiger charge is -2.38. The Hall–Kier alpha value is -1.53. The van der Waals surface area contributed by atoms with Gasteiger partial charge in [-0.05, 0) is 13.0 Å². The maximum absolute atomic E-state index is 13.8. The number of nitrogens with two attached hydrogens (primary N) is 1. The van der Waals surface area contributed by atoms with E-state index in [1.54, 1.807) is 4.90 Å². The molecule has 0 aromatic heterocycles. The van der Waals surface area contributed by atoms with Gasteiger partial charge in [-0.3, -0.25) is 9.69 Å². The topological polar surface area (TPSA) is 49.6 Å². The van der Waals surface area contributed by atoms with Crippen LogP contribution in [0.5, 0.6) is 0 Å². The van der Waals surface area contributed by atoms with E-state index in [-0.39, 0.29) is 11.9 Å². The van der Waals surface area contributed by atoms with E-state index in [1.165, 1.54) is 12.1 Å². The van der Waals surface area contributed by atoms with Crippen molar-refractivity contribution >= 4 is 5.91 Å². The molecule has 1 saturated heterocycles. The van der Waals surface area contributed by atoms with Crippen molar-refractivity contribution < 1.29 is 13.6 Å². The summed E-state index contributed by atoms with van der Waals surface area (Å²) in [5, 5.41) is 0. The average Bonchev–Trinajstić information content (AvgIpc) is 2.47. The van der Waals surface area contributed by atoms with E-state index in [4.69, 9.17) is 5.73 Å². The minimum atomic E-state index is -0.569. The lowest BCUT2D eigenvalue weighted by Crippen LogP contribution is -2.49. The Morgan fingerprint density at radius 3 is 2.52 bits per heavy atom. The number of nitrogens with zero attached hydrogens (tertiary/aromatic N) is 2. The minimum absolute atomic E-state index is 0.0674. The van der Waals surface area contributed by atoms with Gasteiger partial charge in [-0.25, -0.2) is 8.78 Å². The zero-order valence-electron chi connectivity index (χ0n) is 12.2. The van der Waals surface area contributed by atoms with Crippen LogP contribution in [0.25, 0.3) is 0 Å². The zero-order chi connectivity index (χ0) is 15.4. The van der Waals surface area contributed by atoms with Crippen molar-refractivity contribution in [3.8, 4) is 0 Å². The van der Waals surface area contributed by atoms with Crippen LogP contribution < -0.4 is 5.73 Å². The number of benzene rings is 1. The molecule has 1 aliphatic heterocycles. The third-order valence-corrected chi connectivity index (χ3v) is 3.99. The van der Waals surface area contributed by atoms with Crippen LogP contribution >= 0.6 is 0 Å². The van der Waals surface area contributed by atoms with Gasteiger partial charge in [-0.2, -0.15) is 0 Å². The van der Waals surface area contributed by atoms with E-state index >= 15 is 0 Å². The highest BCUT2D eigenvalue weighted by Crippen LogP contribution is 2.24. The number of hydrogen-bond donors (Lipinski definition) is 1. The summed E-state index contributed by atoms with van der Waals surface area (Å²) < 4.78 is 26.8. The third kappa shape index (κ3) is 3.77. The summed E-state index contributed by atoms with van der Waals surface area (Å²) in [4.78, 5) is 15.7. The van der Waals surface area contributed by atoms with Gasteiger partial charge in [0.05, 0.1) is 0 Å². The van der Waals surface area contributed by atoms with E-state index in [9.17, 15) is 13.6 Å². The molecule has 21 heavy (non-hydrogen) atoms. The molecule has 1 atom stereocenters. The maximum Gasteiger partial charge on any atom is 0.223 e. The van der Waals surface area contributed by atoms with Crippen LogP contribution in [0.2, 0.25) is 0 Å². The molecule has 1 aromatic rings. The van der Waals surface area contributed by atoms with Crippen molar-refractivity contribution in [1.82, 2.24) is 9.80 Å². The second kappa shape index (κ2) is 6.95. The highest BCUT2D eigenvalue weighted by atomic mass is 19.1. The molecular formula is C15H21F2N3O. The Labute approximate surface area is 123 Å². The summed E-state index contributed by atoms with van der Waals surface area (Å²) >= 11 is 0. The molecule has 4 nitrogen and oxygen atoms in total. The van der Waals surface area contributed by atoms with Crippen LogP contribution in [-0.2, 0) is 4.79 Å². The molecular weight excluding hydrogens is 276 g/mol. The monoisotopic (exact) mass is 297 g/mol. The molecule has 2 rings (SSSR count). The molecule has 1 aromatic carbocycles. The number of carbonyl (C=O) groups excluding carboxylic acids is 1. The molecule has 1 amide bonds. The fourth-order valence-corrected chi connectivity index (χ4v) is 2.68. The largest absolute Gasteiger partial charge is 0.340 e. The van der Waals surface area contributed by atoms with Crippen LogP contribution in [0, 0.1) is 11.6 Å². The highest BCUT2D eigenvalue weighted by Gasteiger charge is 2.25. The van der Waals surface area contributed by atoms with Crippen LogP contribution in [0.15, 0.2) is 18.2 Å². The average molecular weight is 297 g/mol. The second-order valence-electron chi connectivity index (χ2n) is 5.30. The van der Waals surface area contributed by atoms with Gasteiger partial charge >= 0.3 is 0 Å². The minimum Gasteiger partial charge on any atom is -0.340 e. The van der Waals surface area contributed by atoms with E-state index in [2.05, 4.69) is 4.90 Å². The van der Waals surface area contributed by atoms with Crippen molar-refractivity contribution in [1.29, 1.82) is 0 Å². The number of halogens is 2. The molecule has 1 aliphatic rings. The molecule has 0 bridgehead atoms. The summed E-state index contributed by atoms with van der Waals surface area (Å²) in [6.07, 6.45) is 0.363. The molecule has 0 radical (unpaired) electrons. The summed E-state index contributed by atoms with van der Waals surface area (Å²) in [5.41, 5.74) is 5.87. The van der Waals surface area contributed by atoms with E-state index < -0.39 is 11.6 Å². The van der Waals surface area contributed by atoms with Gasteiger partial charge in [0, 0.05) is 56.8 Å².